The minimum absolute atomic E-state index is 0.126. The van der Waals surface area contributed by atoms with Crippen LogP contribution in [0.15, 0.2) is 18.2 Å². The summed E-state index contributed by atoms with van der Waals surface area (Å²) in [6, 6.07) is 5.17. The number of halogens is 2. The van der Waals surface area contributed by atoms with Crippen molar-refractivity contribution in [3.8, 4) is 11.5 Å². The van der Waals surface area contributed by atoms with Gasteiger partial charge in [-0.15, -0.1) is 0 Å². The van der Waals surface area contributed by atoms with Crippen molar-refractivity contribution in [2.24, 2.45) is 0 Å². The molecule has 3 rings (SSSR count). The summed E-state index contributed by atoms with van der Waals surface area (Å²) < 4.78 is 40.8. The van der Waals surface area contributed by atoms with Crippen molar-refractivity contribution in [1.29, 1.82) is 0 Å². The lowest BCUT2D eigenvalue weighted by atomic mass is 10.2. The summed E-state index contributed by atoms with van der Waals surface area (Å²) in [7, 11) is 0. The normalized spacial score (nSPS) is 23.3. The van der Waals surface area contributed by atoms with E-state index in [9.17, 15) is 13.6 Å². The van der Waals surface area contributed by atoms with E-state index in [4.69, 9.17) is 9.47 Å². The zero-order valence-corrected chi connectivity index (χ0v) is 9.82. The van der Waals surface area contributed by atoms with E-state index in [-0.39, 0.29) is 13.3 Å². The second kappa shape index (κ2) is 4.25. The number of hydrogen-bond donors (Lipinski definition) is 1. The number of ether oxygens (including phenoxy) is 3. The summed E-state index contributed by atoms with van der Waals surface area (Å²) in [5.74, 6) is -3.59. The highest BCUT2D eigenvalue weighted by molar-refractivity contribution is 5.79. The van der Waals surface area contributed by atoms with Gasteiger partial charge in [0.15, 0.2) is 11.5 Å². The monoisotopic (exact) mass is 271 g/mol. The molecule has 0 radical (unpaired) electrons. The highest BCUT2D eigenvalue weighted by Gasteiger charge is 2.50. The summed E-state index contributed by atoms with van der Waals surface area (Å²) in [5.41, 5.74) is 0.690. The van der Waals surface area contributed by atoms with Crippen LogP contribution < -0.4 is 14.8 Å². The number of carbonyl (C=O) groups excluding carboxylic acids is 1. The molecule has 2 aliphatic heterocycles. The molecule has 102 valence electrons. The van der Waals surface area contributed by atoms with E-state index in [1.54, 1.807) is 18.2 Å². The number of rotatable bonds is 3. The lowest BCUT2D eigenvalue weighted by Crippen LogP contribution is -2.22. The molecule has 1 N–H and O–H groups in total. The van der Waals surface area contributed by atoms with E-state index < -0.39 is 24.4 Å². The molecule has 1 saturated heterocycles. The molecular formula is C12H11F2NO4. The van der Waals surface area contributed by atoms with Gasteiger partial charge in [0.1, 0.15) is 6.10 Å². The fourth-order valence-corrected chi connectivity index (χ4v) is 2.00. The number of alkyl halides is 2. The number of carbonyl (C=O) groups is 1. The molecule has 0 spiro atoms. The zero-order chi connectivity index (χ0) is 13.5. The van der Waals surface area contributed by atoms with E-state index in [2.05, 4.69) is 10.1 Å². The molecule has 1 aromatic carbocycles. The summed E-state index contributed by atoms with van der Waals surface area (Å²) in [6.45, 7) is 0.298. The highest BCUT2D eigenvalue weighted by Crippen LogP contribution is 2.35. The molecular weight excluding hydrogens is 260 g/mol. The van der Waals surface area contributed by atoms with Crippen LogP contribution in [0.25, 0.3) is 0 Å². The minimum atomic E-state index is -3.37. The van der Waals surface area contributed by atoms with Crippen molar-refractivity contribution < 1.29 is 27.8 Å². The van der Waals surface area contributed by atoms with Crippen LogP contribution in [0.3, 0.4) is 0 Å². The Morgan fingerprint density at radius 1 is 1.32 bits per heavy atom. The molecule has 1 aromatic rings. The third-order valence-corrected chi connectivity index (χ3v) is 2.96. The summed E-state index contributed by atoms with van der Waals surface area (Å²) in [6.07, 6.45) is -1.42. The maximum absolute atomic E-state index is 13.0. The van der Waals surface area contributed by atoms with Crippen molar-refractivity contribution in [3.63, 3.8) is 0 Å². The Labute approximate surface area is 107 Å². The second-order valence-corrected chi connectivity index (χ2v) is 4.38. The first-order valence-electron chi connectivity index (χ1n) is 5.77. The largest absolute Gasteiger partial charge is 0.456 e. The van der Waals surface area contributed by atoms with Crippen molar-refractivity contribution in [3.05, 3.63) is 18.2 Å². The van der Waals surface area contributed by atoms with Crippen molar-refractivity contribution in [2.75, 3.05) is 18.7 Å². The number of esters is 1. The van der Waals surface area contributed by atoms with Gasteiger partial charge in [-0.05, 0) is 12.1 Å². The maximum atomic E-state index is 13.0. The van der Waals surface area contributed by atoms with Gasteiger partial charge in [-0.1, -0.05) is 0 Å². The number of cyclic esters (lactones) is 1. The van der Waals surface area contributed by atoms with E-state index in [0.717, 1.165) is 0 Å². The lowest BCUT2D eigenvalue weighted by Gasteiger charge is -2.11. The Kier molecular flexibility index (Phi) is 2.69. The van der Waals surface area contributed by atoms with E-state index in [0.29, 0.717) is 17.2 Å². The molecule has 2 heterocycles. The van der Waals surface area contributed by atoms with Crippen LogP contribution >= 0.6 is 0 Å². The third-order valence-electron chi connectivity index (χ3n) is 2.96. The Hall–Kier alpha value is -2.05. The minimum Gasteiger partial charge on any atom is -0.456 e. The van der Waals surface area contributed by atoms with Gasteiger partial charge in [0, 0.05) is 11.8 Å². The number of fused-ring (bicyclic) bond motifs is 1. The second-order valence-electron chi connectivity index (χ2n) is 4.38. The molecule has 1 fully saturated rings. The Morgan fingerprint density at radius 2 is 2.11 bits per heavy atom. The van der Waals surface area contributed by atoms with Crippen LogP contribution in [0.5, 0.6) is 11.5 Å². The van der Waals surface area contributed by atoms with Crippen LogP contribution in [0, 0.1) is 0 Å². The number of anilines is 1. The van der Waals surface area contributed by atoms with Crippen molar-refractivity contribution >= 4 is 11.7 Å². The molecule has 7 heteroatoms. The predicted molar refractivity (Wildman–Crippen MR) is 60.5 cm³/mol. The van der Waals surface area contributed by atoms with Gasteiger partial charge < -0.3 is 19.5 Å². The molecule has 19 heavy (non-hydrogen) atoms. The first-order valence-corrected chi connectivity index (χ1v) is 5.77. The molecule has 1 atom stereocenters. The maximum Gasteiger partial charge on any atom is 0.377 e. The smallest absolute Gasteiger partial charge is 0.377 e. The Bertz CT molecular complexity index is 520. The first-order chi connectivity index (χ1) is 9.04. The molecule has 0 saturated carbocycles. The number of benzene rings is 1. The standard InChI is InChI=1S/C12H11F2NO4/c13-12(14)4-8(19-11(12)16)5-15-7-1-2-9-10(3-7)18-6-17-9/h1-3,8,15H,4-6H2. The average Bonchev–Trinajstić information content (AvgIpc) is 2.91. The first kappa shape index (κ1) is 12.0. The Balaban J connectivity index is 1.60. The van der Waals surface area contributed by atoms with E-state index >= 15 is 0 Å². The van der Waals surface area contributed by atoms with Gasteiger partial charge in [0.05, 0.1) is 13.0 Å². The Morgan fingerprint density at radius 3 is 2.84 bits per heavy atom. The molecule has 0 aliphatic carbocycles. The lowest BCUT2D eigenvalue weighted by molar-refractivity contribution is -0.158. The van der Waals surface area contributed by atoms with Crippen LogP contribution in [-0.2, 0) is 9.53 Å². The van der Waals surface area contributed by atoms with Crippen LogP contribution in [0.1, 0.15) is 6.42 Å². The molecule has 2 aliphatic rings. The average molecular weight is 271 g/mol. The highest BCUT2D eigenvalue weighted by atomic mass is 19.3. The summed E-state index contributed by atoms with van der Waals surface area (Å²) in [5, 5.41) is 2.93. The van der Waals surface area contributed by atoms with E-state index in [1.807, 2.05) is 0 Å². The van der Waals surface area contributed by atoms with Crippen LogP contribution in [-0.4, -0.2) is 31.3 Å². The molecule has 1 unspecified atom stereocenters. The quantitative estimate of drug-likeness (QED) is 0.849. The van der Waals surface area contributed by atoms with Gasteiger partial charge in [-0.3, -0.25) is 0 Å². The molecule has 0 amide bonds. The van der Waals surface area contributed by atoms with Crippen molar-refractivity contribution in [1.82, 2.24) is 0 Å². The van der Waals surface area contributed by atoms with Crippen molar-refractivity contribution in [2.45, 2.75) is 18.4 Å². The third kappa shape index (κ3) is 2.27. The van der Waals surface area contributed by atoms with Crippen LogP contribution in [0.2, 0.25) is 0 Å². The van der Waals surface area contributed by atoms with Crippen LogP contribution in [0.4, 0.5) is 14.5 Å². The SMILES string of the molecule is O=C1OC(CNc2ccc3c(c2)OCO3)CC1(F)F. The summed E-state index contributed by atoms with van der Waals surface area (Å²) in [4.78, 5) is 10.8. The number of hydrogen-bond acceptors (Lipinski definition) is 5. The fourth-order valence-electron chi connectivity index (χ4n) is 2.00. The summed E-state index contributed by atoms with van der Waals surface area (Å²) >= 11 is 0. The van der Waals surface area contributed by atoms with Gasteiger partial charge in [0.25, 0.3) is 0 Å². The zero-order valence-electron chi connectivity index (χ0n) is 9.82. The molecule has 0 bridgehead atoms. The van der Waals surface area contributed by atoms with Gasteiger partial charge >= 0.3 is 11.9 Å². The van der Waals surface area contributed by atoms with Gasteiger partial charge in [0.2, 0.25) is 6.79 Å². The molecule has 0 aromatic heterocycles. The predicted octanol–water partition coefficient (Wildman–Crippen LogP) is 1.78. The topological polar surface area (TPSA) is 56.8 Å². The van der Waals surface area contributed by atoms with E-state index in [1.165, 1.54) is 0 Å². The fraction of sp³-hybridized carbons (Fsp3) is 0.417. The number of nitrogens with one attached hydrogen (secondary N) is 1. The van der Waals surface area contributed by atoms with Gasteiger partial charge in [-0.2, -0.15) is 8.78 Å². The van der Waals surface area contributed by atoms with Gasteiger partial charge in [-0.25, -0.2) is 4.79 Å². The molecule has 5 nitrogen and oxygen atoms in total.